The molecule has 3 N–H and O–H groups in total. The summed E-state index contributed by atoms with van der Waals surface area (Å²) in [6.07, 6.45) is 0. The van der Waals surface area contributed by atoms with Gasteiger partial charge in [-0.15, -0.1) is 0 Å². The third-order valence-corrected chi connectivity index (χ3v) is 3.99. The highest BCUT2D eigenvalue weighted by Gasteiger charge is 2.26. The Balaban J connectivity index is 1.75. The van der Waals surface area contributed by atoms with E-state index < -0.39 is 23.7 Å². The summed E-state index contributed by atoms with van der Waals surface area (Å²) in [5.74, 6) is -1.60. The minimum Gasteiger partial charge on any atom is -0.340 e. The van der Waals surface area contributed by atoms with E-state index in [1.807, 2.05) is 24.3 Å². The molecule has 2 aromatic carbocycles. The van der Waals surface area contributed by atoms with Crippen LogP contribution < -0.4 is 10.6 Å². The Kier molecular flexibility index (Phi) is 4.97. The van der Waals surface area contributed by atoms with Crippen LogP contribution in [0.2, 0.25) is 0 Å². The highest BCUT2D eigenvalue weighted by Crippen LogP contribution is 2.15. The summed E-state index contributed by atoms with van der Waals surface area (Å²) in [6.45, 7) is 3.59. The molecular formula is C19H19FN4O2. The van der Waals surface area contributed by atoms with Crippen LogP contribution in [-0.2, 0) is 4.79 Å². The maximum atomic E-state index is 13.8. The number of rotatable bonds is 5. The number of amides is 2. The van der Waals surface area contributed by atoms with Gasteiger partial charge in [0.1, 0.15) is 11.9 Å². The molecule has 0 radical (unpaired) electrons. The van der Waals surface area contributed by atoms with E-state index in [1.165, 1.54) is 18.2 Å². The summed E-state index contributed by atoms with van der Waals surface area (Å²) in [6, 6.07) is 12.2. The van der Waals surface area contributed by atoms with E-state index in [-0.39, 0.29) is 11.5 Å². The zero-order valence-electron chi connectivity index (χ0n) is 14.4. The second-order valence-electron chi connectivity index (χ2n) is 6.27. The predicted molar refractivity (Wildman–Crippen MR) is 97.2 cm³/mol. The number of fused-ring (bicyclic) bond motifs is 1. The van der Waals surface area contributed by atoms with Gasteiger partial charge < -0.3 is 10.3 Å². The van der Waals surface area contributed by atoms with Crippen molar-refractivity contribution in [1.82, 2.24) is 15.3 Å². The molecule has 2 amide bonds. The standard InChI is InChI=1S/C19H19FN4O2/c1-11(2)16(23-17(25)12-7-3-4-8-13(12)20)18(26)24-19-21-14-9-5-6-10-15(14)22-19/h3-11,16H,1-2H3,(H,23,25)(H2,21,22,24,26). The number of anilines is 1. The number of benzene rings is 2. The van der Waals surface area contributed by atoms with Gasteiger partial charge in [-0.2, -0.15) is 0 Å². The summed E-state index contributed by atoms with van der Waals surface area (Å²) >= 11 is 0. The van der Waals surface area contributed by atoms with Gasteiger partial charge in [-0.3, -0.25) is 14.9 Å². The fraction of sp³-hybridized carbons (Fsp3) is 0.211. The Morgan fingerprint density at radius 1 is 1.08 bits per heavy atom. The number of halogens is 1. The van der Waals surface area contributed by atoms with Crippen molar-refractivity contribution in [3.05, 3.63) is 59.9 Å². The molecule has 3 aromatic rings. The molecule has 134 valence electrons. The average molecular weight is 354 g/mol. The van der Waals surface area contributed by atoms with Crippen molar-refractivity contribution < 1.29 is 14.0 Å². The largest absolute Gasteiger partial charge is 0.340 e. The van der Waals surface area contributed by atoms with Crippen LogP contribution in [0.5, 0.6) is 0 Å². The number of carbonyl (C=O) groups is 2. The molecule has 1 heterocycles. The van der Waals surface area contributed by atoms with Crippen LogP contribution in [0.4, 0.5) is 10.3 Å². The molecule has 0 saturated carbocycles. The lowest BCUT2D eigenvalue weighted by Gasteiger charge is -2.21. The molecule has 7 heteroatoms. The Morgan fingerprint density at radius 2 is 1.77 bits per heavy atom. The van der Waals surface area contributed by atoms with Crippen LogP contribution in [0, 0.1) is 11.7 Å². The number of imidazole rings is 1. The fourth-order valence-corrected chi connectivity index (χ4v) is 2.61. The zero-order chi connectivity index (χ0) is 18.7. The van der Waals surface area contributed by atoms with Gasteiger partial charge in [0.25, 0.3) is 5.91 Å². The molecule has 0 bridgehead atoms. The lowest BCUT2D eigenvalue weighted by Crippen LogP contribution is -2.47. The lowest BCUT2D eigenvalue weighted by atomic mass is 10.0. The Bertz CT molecular complexity index is 918. The van der Waals surface area contributed by atoms with E-state index in [1.54, 1.807) is 19.9 Å². The molecule has 1 atom stereocenters. The smallest absolute Gasteiger partial charge is 0.254 e. The number of aromatic nitrogens is 2. The first-order valence-electron chi connectivity index (χ1n) is 8.26. The van der Waals surface area contributed by atoms with Gasteiger partial charge >= 0.3 is 0 Å². The molecule has 0 aliphatic carbocycles. The molecule has 3 rings (SSSR count). The summed E-state index contributed by atoms with van der Waals surface area (Å²) in [5.41, 5.74) is 1.41. The van der Waals surface area contributed by atoms with Crippen molar-refractivity contribution in [3.63, 3.8) is 0 Å². The van der Waals surface area contributed by atoms with Crippen LogP contribution in [-0.4, -0.2) is 27.8 Å². The number of para-hydroxylation sites is 2. The van der Waals surface area contributed by atoms with E-state index in [9.17, 15) is 14.0 Å². The number of nitrogens with zero attached hydrogens (tertiary/aromatic N) is 1. The third-order valence-electron chi connectivity index (χ3n) is 3.99. The van der Waals surface area contributed by atoms with Crippen LogP contribution in [0.25, 0.3) is 11.0 Å². The monoisotopic (exact) mass is 354 g/mol. The van der Waals surface area contributed by atoms with Gasteiger partial charge in [-0.05, 0) is 30.2 Å². The number of carbonyl (C=O) groups excluding carboxylic acids is 2. The molecule has 0 aliphatic heterocycles. The number of aromatic amines is 1. The van der Waals surface area contributed by atoms with Crippen molar-refractivity contribution in [2.24, 2.45) is 5.92 Å². The fourth-order valence-electron chi connectivity index (χ4n) is 2.61. The Labute approximate surface area is 149 Å². The topological polar surface area (TPSA) is 86.9 Å². The summed E-state index contributed by atoms with van der Waals surface area (Å²) in [5, 5.41) is 5.26. The minimum absolute atomic E-state index is 0.102. The second-order valence-corrected chi connectivity index (χ2v) is 6.27. The summed E-state index contributed by atoms with van der Waals surface area (Å²) in [4.78, 5) is 32.2. The van der Waals surface area contributed by atoms with Crippen LogP contribution in [0.1, 0.15) is 24.2 Å². The molecular weight excluding hydrogens is 335 g/mol. The third kappa shape index (κ3) is 3.72. The van der Waals surface area contributed by atoms with Crippen molar-refractivity contribution in [3.8, 4) is 0 Å². The first kappa shape index (κ1) is 17.6. The quantitative estimate of drug-likeness (QED) is 0.658. The summed E-state index contributed by atoms with van der Waals surface area (Å²) < 4.78 is 13.8. The molecule has 26 heavy (non-hydrogen) atoms. The van der Waals surface area contributed by atoms with E-state index in [4.69, 9.17) is 0 Å². The van der Waals surface area contributed by atoms with Gasteiger partial charge in [0, 0.05) is 0 Å². The van der Waals surface area contributed by atoms with Crippen molar-refractivity contribution in [1.29, 1.82) is 0 Å². The molecule has 0 spiro atoms. The average Bonchev–Trinajstić information content (AvgIpc) is 3.01. The first-order valence-corrected chi connectivity index (χ1v) is 8.26. The Hall–Kier alpha value is -3.22. The Morgan fingerprint density at radius 3 is 2.46 bits per heavy atom. The van der Waals surface area contributed by atoms with E-state index in [0.29, 0.717) is 5.95 Å². The lowest BCUT2D eigenvalue weighted by molar-refractivity contribution is -0.118. The SMILES string of the molecule is CC(C)C(NC(=O)c1ccccc1F)C(=O)Nc1nc2ccccc2[nH]1. The molecule has 0 fully saturated rings. The highest BCUT2D eigenvalue weighted by atomic mass is 19.1. The maximum Gasteiger partial charge on any atom is 0.254 e. The molecule has 1 aromatic heterocycles. The molecule has 0 saturated heterocycles. The normalized spacial score (nSPS) is 12.2. The van der Waals surface area contributed by atoms with Crippen molar-refractivity contribution >= 4 is 28.8 Å². The number of nitrogens with one attached hydrogen (secondary N) is 3. The van der Waals surface area contributed by atoms with Gasteiger partial charge in [-0.1, -0.05) is 38.1 Å². The van der Waals surface area contributed by atoms with Gasteiger partial charge in [0.05, 0.1) is 16.6 Å². The van der Waals surface area contributed by atoms with Gasteiger partial charge in [0.2, 0.25) is 11.9 Å². The van der Waals surface area contributed by atoms with Crippen LogP contribution in [0.3, 0.4) is 0 Å². The van der Waals surface area contributed by atoms with E-state index >= 15 is 0 Å². The van der Waals surface area contributed by atoms with E-state index in [2.05, 4.69) is 20.6 Å². The zero-order valence-corrected chi connectivity index (χ0v) is 14.4. The second kappa shape index (κ2) is 7.35. The van der Waals surface area contributed by atoms with Crippen molar-refractivity contribution in [2.45, 2.75) is 19.9 Å². The molecule has 0 aliphatic rings. The predicted octanol–water partition coefficient (Wildman–Crippen LogP) is 3.10. The maximum absolute atomic E-state index is 13.8. The number of hydrogen-bond donors (Lipinski definition) is 3. The highest BCUT2D eigenvalue weighted by molar-refractivity contribution is 6.01. The van der Waals surface area contributed by atoms with Crippen LogP contribution >= 0.6 is 0 Å². The number of H-pyrrole nitrogens is 1. The molecule has 6 nitrogen and oxygen atoms in total. The van der Waals surface area contributed by atoms with Crippen LogP contribution in [0.15, 0.2) is 48.5 Å². The first-order chi connectivity index (χ1) is 12.5. The van der Waals surface area contributed by atoms with E-state index in [0.717, 1.165) is 11.0 Å². The van der Waals surface area contributed by atoms with Crippen molar-refractivity contribution in [2.75, 3.05) is 5.32 Å². The minimum atomic E-state index is -0.838. The van der Waals surface area contributed by atoms with Gasteiger partial charge in [0.15, 0.2) is 0 Å². The number of hydrogen-bond acceptors (Lipinski definition) is 3. The van der Waals surface area contributed by atoms with Gasteiger partial charge in [-0.25, -0.2) is 9.37 Å². The molecule has 1 unspecified atom stereocenters. The summed E-state index contributed by atoms with van der Waals surface area (Å²) in [7, 11) is 0.